The highest BCUT2D eigenvalue weighted by Gasteiger charge is 2.07. The number of rotatable bonds is 4. The molecule has 0 fully saturated rings. The highest BCUT2D eigenvalue weighted by Crippen LogP contribution is 2.33. The van der Waals surface area contributed by atoms with E-state index >= 15 is 0 Å². The first kappa shape index (κ1) is 27.3. The molecule has 0 spiro atoms. The molecule has 0 aliphatic heterocycles. The molecular weight excluding hydrogens is 472 g/mol. The fraction of sp³-hybridized carbons (Fsp3) is 0.0526. The van der Waals surface area contributed by atoms with Crippen molar-refractivity contribution < 1.29 is 5.48 Å². The third-order valence-corrected chi connectivity index (χ3v) is 6.75. The molecule has 1 heteroatoms. The number of aryl methyl sites for hydroxylation is 2. The van der Waals surface area contributed by atoms with Crippen LogP contribution in [0.5, 0.6) is 0 Å². The molecule has 1 nitrogen and oxygen atoms in total. The normalized spacial score (nSPS) is 10.1. The van der Waals surface area contributed by atoms with Crippen molar-refractivity contribution in [2.75, 3.05) is 0 Å². The molecule has 0 aliphatic carbocycles. The average molecular weight is 507 g/mol. The third-order valence-electron chi connectivity index (χ3n) is 6.75. The van der Waals surface area contributed by atoms with Gasteiger partial charge in [-0.15, -0.1) is 0 Å². The van der Waals surface area contributed by atoms with Crippen LogP contribution in [0.15, 0.2) is 158 Å². The first-order valence-corrected chi connectivity index (χ1v) is 13.1. The van der Waals surface area contributed by atoms with Crippen LogP contribution in [-0.4, -0.2) is 5.48 Å². The minimum atomic E-state index is 0. The number of hydrogen-bond donors (Lipinski definition) is 0. The summed E-state index contributed by atoms with van der Waals surface area (Å²) in [5.74, 6) is 0. The topological polar surface area (TPSA) is 31.5 Å². The summed E-state index contributed by atoms with van der Waals surface area (Å²) in [6.45, 7) is 4.24. The molecule has 192 valence electrons. The SMILES string of the molecule is Cc1ccc(-c2ccccc2-c2ccccc2)cc1.Cc1ccc(-c2ccccc2-c2ccccc2)cc1.O. The Morgan fingerprint density at radius 3 is 0.769 bits per heavy atom. The van der Waals surface area contributed by atoms with E-state index < -0.39 is 0 Å². The van der Waals surface area contributed by atoms with Crippen LogP contribution in [0.3, 0.4) is 0 Å². The zero-order valence-corrected chi connectivity index (χ0v) is 22.5. The van der Waals surface area contributed by atoms with E-state index in [4.69, 9.17) is 0 Å². The predicted octanol–water partition coefficient (Wildman–Crippen LogP) is 9.83. The smallest absolute Gasteiger partial charge is 0.0105 e. The van der Waals surface area contributed by atoms with Crippen LogP contribution in [0, 0.1) is 13.8 Å². The monoisotopic (exact) mass is 506 g/mol. The maximum absolute atomic E-state index is 2.19. The molecule has 0 heterocycles. The molecule has 0 bridgehead atoms. The van der Waals surface area contributed by atoms with Gasteiger partial charge in [0.15, 0.2) is 0 Å². The van der Waals surface area contributed by atoms with Crippen molar-refractivity contribution in [2.24, 2.45) is 0 Å². The lowest BCUT2D eigenvalue weighted by atomic mass is 9.94. The average Bonchev–Trinajstić information content (AvgIpc) is 2.99. The highest BCUT2D eigenvalue weighted by atomic mass is 16.0. The zero-order valence-electron chi connectivity index (χ0n) is 22.5. The van der Waals surface area contributed by atoms with Gasteiger partial charge >= 0.3 is 0 Å². The molecule has 0 saturated carbocycles. The van der Waals surface area contributed by atoms with Gasteiger partial charge in [0.2, 0.25) is 0 Å². The van der Waals surface area contributed by atoms with E-state index in [1.807, 2.05) is 0 Å². The van der Waals surface area contributed by atoms with Gasteiger partial charge in [0.25, 0.3) is 0 Å². The summed E-state index contributed by atoms with van der Waals surface area (Å²) in [6, 6.07) is 55.6. The first-order valence-electron chi connectivity index (χ1n) is 13.1. The Kier molecular flexibility index (Phi) is 9.24. The van der Waals surface area contributed by atoms with Crippen LogP contribution in [0.4, 0.5) is 0 Å². The van der Waals surface area contributed by atoms with E-state index in [0.29, 0.717) is 0 Å². The summed E-state index contributed by atoms with van der Waals surface area (Å²) >= 11 is 0. The van der Waals surface area contributed by atoms with Gasteiger partial charge in [0.05, 0.1) is 0 Å². The van der Waals surface area contributed by atoms with E-state index in [-0.39, 0.29) is 5.48 Å². The van der Waals surface area contributed by atoms with Gasteiger partial charge < -0.3 is 5.48 Å². The van der Waals surface area contributed by atoms with Crippen molar-refractivity contribution in [1.82, 2.24) is 0 Å². The van der Waals surface area contributed by atoms with Gasteiger partial charge in [0, 0.05) is 0 Å². The molecule has 6 aromatic carbocycles. The van der Waals surface area contributed by atoms with Crippen molar-refractivity contribution >= 4 is 0 Å². The summed E-state index contributed by atoms with van der Waals surface area (Å²) < 4.78 is 0. The van der Waals surface area contributed by atoms with Crippen LogP contribution < -0.4 is 0 Å². The Balaban J connectivity index is 0.000000176. The number of hydrogen-bond acceptors (Lipinski definition) is 0. The zero-order chi connectivity index (χ0) is 26.2. The van der Waals surface area contributed by atoms with Crippen LogP contribution in [0.1, 0.15) is 11.1 Å². The maximum Gasteiger partial charge on any atom is -0.0105 e. The minimum absolute atomic E-state index is 0. The molecule has 6 aromatic rings. The summed E-state index contributed by atoms with van der Waals surface area (Å²) in [4.78, 5) is 0. The molecule has 0 radical (unpaired) electrons. The summed E-state index contributed by atoms with van der Waals surface area (Å²) in [6.07, 6.45) is 0. The summed E-state index contributed by atoms with van der Waals surface area (Å²) in [5.41, 5.74) is 12.8. The van der Waals surface area contributed by atoms with Crippen molar-refractivity contribution in [2.45, 2.75) is 13.8 Å². The second-order valence-electron chi connectivity index (χ2n) is 9.56. The number of benzene rings is 6. The van der Waals surface area contributed by atoms with E-state index in [9.17, 15) is 0 Å². The van der Waals surface area contributed by atoms with Gasteiger partial charge in [-0.05, 0) is 58.4 Å². The maximum atomic E-state index is 2.19. The molecule has 0 saturated heterocycles. The van der Waals surface area contributed by atoms with Crippen LogP contribution in [-0.2, 0) is 0 Å². The van der Waals surface area contributed by atoms with Crippen LogP contribution >= 0.6 is 0 Å². The summed E-state index contributed by atoms with van der Waals surface area (Å²) in [5, 5.41) is 0. The van der Waals surface area contributed by atoms with Crippen molar-refractivity contribution in [3.8, 4) is 44.5 Å². The van der Waals surface area contributed by atoms with Crippen molar-refractivity contribution in [3.63, 3.8) is 0 Å². The highest BCUT2D eigenvalue weighted by molar-refractivity contribution is 5.84. The van der Waals surface area contributed by atoms with Crippen LogP contribution in [0.2, 0.25) is 0 Å². The van der Waals surface area contributed by atoms with Gasteiger partial charge in [-0.1, -0.05) is 169 Å². The van der Waals surface area contributed by atoms with Gasteiger partial charge in [-0.25, -0.2) is 0 Å². The molecular formula is C38H34O. The molecule has 6 rings (SSSR count). The largest absolute Gasteiger partial charge is 0.412 e. The van der Waals surface area contributed by atoms with Gasteiger partial charge in [-0.2, -0.15) is 0 Å². The molecule has 0 aliphatic rings. The fourth-order valence-corrected chi connectivity index (χ4v) is 4.67. The molecule has 39 heavy (non-hydrogen) atoms. The van der Waals surface area contributed by atoms with Crippen molar-refractivity contribution in [3.05, 3.63) is 169 Å². The third kappa shape index (κ3) is 6.78. The Morgan fingerprint density at radius 1 is 0.256 bits per heavy atom. The van der Waals surface area contributed by atoms with Gasteiger partial charge in [-0.3, -0.25) is 0 Å². The Hall–Kier alpha value is -4.72. The Morgan fingerprint density at radius 2 is 0.487 bits per heavy atom. The second kappa shape index (κ2) is 13.2. The Labute approximate surface area is 232 Å². The molecule has 0 aromatic heterocycles. The van der Waals surface area contributed by atoms with Crippen molar-refractivity contribution in [1.29, 1.82) is 0 Å². The predicted molar refractivity (Wildman–Crippen MR) is 168 cm³/mol. The standard InChI is InChI=1S/2C19H16.H2O/c2*1-15-11-13-17(14-12-15)19-10-6-5-9-18(19)16-7-3-2-4-8-16;/h2*2-14H,1H3;1H2. The quantitative estimate of drug-likeness (QED) is 0.228. The van der Waals surface area contributed by atoms with E-state index in [2.05, 4.69) is 172 Å². The van der Waals surface area contributed by atoms with E-state index in [1.165, 1.54) is 55.6 Å². The molecule has 0 amide bonds. The lowest BCUT2D eigenvalue weighted by molar-refractivity contribution is 0.824. The lowest BCUT2D eigenvalue weighted by Gasteiger charge is -2.10. The molecule has 2 N–H and O–H groups in total. The molecule has 0 atom stereocenters. The summed E-state index contributed by atoms with van der Waals surface area (Å²) in [7, 11) is 0. The lowest BCUT2D eigenvalue weighted by Crippen LogP contribution is -1.84. The van der Waals surface area contributed by atoms with Crippen LogP contribution in [0.25, 0.3) is 44.5 Å². The second-order valence-corrected chi connectivity index (χ2v) is 9.56. The van der Waals surface area contributed by atoms with Gasteiger partial charge in [0.1, 0.15) is 0 Å². The Bertz CT molecular complexity index is 1460. The minimum Gasteiger partial charge on any atom is -0.412 e. The first-order chi connectivity index (χ1) is 18.7. The van der Waals surface area contributed by atoms with E-state index in [1.54, 1.807) is 0 Å². The fourth-order valence-electron chi connectivity index (χ4n) is 4.67. The molecule has 0 unspecified atom stereocenters. The van der Waals surface area contributed by atoms with E-state index in [0.717, 1.165) is 0 Å².